The van der Waals surface area contributed by atoms with E-state index in [2.05, 4.69) is 34.7 Å². The smallest absolute Gasteiger partial charge is 0.328 e. The Bertz CT molecular complexity index is 957. The van der Waals surface area contributed by atoms with E-state index in [1.165, 1.54) is 28.1 Å². The van der Waals surface area contributed by atoms with Gasteiger partial charge in [0.2, 0.25) is 0 Å². The minimum atomic E-state index is -1.26. The van der Waals surface area contributed by atoms with E-state index in [1.54, 1.807) is 0 Å². The molecule has 0 amide bonds. The minimum absolute atomic E-state index is 0.558. The maximum atomic E-state index is 9.55. The molecule has 140 valence electrons. The van der Waals surface area contributed by atoms with Crippen LogP contribution in [0.2, 0.25) is 5.02 Å². The molecule has 0 saturated heterocycles. The summed E-state index contributed by atoms with van der Waals surface area (Å²) in [6.07, 6.45) is 3.35. The second kappa shape index (κ2) is 7.80. The number of hydrogen-bond acceptors (Lipinski definition) is 3. The van der Waals surface area contributed by atoms with Crippen LogP contribution in [0.1, 0.15) is 23.7 Å². The number of rotatable bonds is 2. The number of halogens is 1. The highest BCUT2D eigenvalue weighted by molar-refractivity contribution is 6.30. The molecule has 1 aromatic heterocycles. The molecule has 0 saturated carbocycles. The Balaban J connectivity index is 0.000000226. The zero-order chi connectivity index (χ0) is 19.6. The number of aromatic nitrogens is 1. The van der Waals surface area contributed by atoms with Crippen LogP contribution in [-0.4, -0.2) is 39.0 Å². The van der Waals surface area contributed by atoms with Gasteiger partial charge in [-0.25, -0.2) is 9.59 Å². The quantitative estimate of drug-likeness (QED) is 0.773. The molecule has 6 nitrogen and oxygen atoms in total. The Morgan fingerprint density at radius 3 is 2.44 bits per heavy atom. The lowest BCUT2D eigenvalue weighted by atomic mass is 9.90. The molecule has 0 unspecified atom stereocenters. The van der Waals surface area contributed by atoms with Gasteiger partial charge in [0.25, 0.3) is 0 Å². The van der Waals surface area contributed by atoms with Gasteiger partial charge in [0.15, 0.2) is 0 Å². The van der Waals surface area contributed by atoms with Crippen LogP contribution >= 0.6 is 11.6 Å². The lowest BCUT2D eigenvalue weighted by Crippen LogP contribution is -2.17. The predicted octanol–water partition coefficient (Wildman–Crippen LogP) is 3.44. The third kappa shape index (κ3) is 4.11. The van der Waals surface area contributed by atoms with Gasteiger partial charge in [-0.15, -0.1) is 0 Å². The molecule has 0 bridgehead atoms. The first-order valence-corrected chi connectivity index (χ1v) is 8.91. The summed E-state index contributed by atoms with van der Waals surface area (Å²) in [5.41, 5.74) is 7.98. The van der Waals surface area contributed by atoms with Crippen molar-refractivity contribution in [1.82, 2.24) is 4.57 Å². The number of aryl methyl sites for hydroxylation is 2. The fourth-order valence-corrected chi connectivity index (χ4v) is 3.62. The van der Waals surface area contributed by atoms with E-state index in [0.717, 1.165) is 36.7 Å². The van der Waals surface area contributed by atoms with Gasteiger partial charge in [-0.2, -0.15) is 0 Å². The third-order valence-corrected chi connectivity index (χ3v) is 4.81. The van der Waals surface area contributed by atoms with Crippen LogP contribution in [0.4, 0.5) is 0 Å². The number of hydrogen-bond donors (Lipinski definition) is 2. The highest BCUT2D eigenvalue weighted by Crippen LogP contribution is 2.38. The monoisotopic (exact) mass is 386 g/mol. The summed E-state index contributed by atoms with van der Waals surface area (Å²) in [5, 5.41) is 16.4. The van der Waals surface area contributed by atoms with Gasteiger partial charge in [-0.3, -0.25) is 4.99 Å². The van der Waals surface area contributed by atoms with Crippen molar-refractivity contribution in [1.29, 1.82) is 0 Å². The first-order valence-electron chi connectivity index (χ1n) is 8.53. The molecule has 2 heterocycles. The van der Waals surface area contributed by atoms with Gasteiger partial charge >= 0.3 is 11.9 Å². The number of carbonyl (C=O) groups is 2. The number of aliphatic imine (C=N–C) groups is 1. The lowest BCUT2D eigenvalue weighted by Gasteiger charge is -2.22. The molecule has 0 spiro atoms. The molecular formula is C20H19ClN2O4. The molecule has 2 aromatic rings. The fourth-order valence-electron chi connectivity index (χ4n) is 3.44. The molecule has 0 radical (unpaired) electrons. The average Bonchev–Trinajstić information content (AvgIpc) is 3.01. The van der Waals surface area contributed by atoms with Crippen LogP contribution in [0, 0.1) is 0 Å². The summed E-state index contributed by atoms with van der Waals surface area (Å²) >= 11 is 6.19. The van der Waals surface area contributed by atoms with Gasteiger partial charge in [0.05, 0.1) is 23.6 Å². The summed E-state index contributed by atoms with van der Waals surface area (Å²) in [6, 6.07) is 8.60. The van der Waals surface area contributed by atoms with E-state index in [9.17, 15) is 9.59 Å². The SMILES string of the molecule is CC1=NCCn2c1cc1c2-c2cc(Cl)ccc2CC1.O=C(O)/C=C/C(=O)O. The average molecular weight is 387 g/mol. The largest absolute Gasteiger partial charge is 0.478 e. The number of aliphatic carboxylic acids is 2. The van der Waals surface area contributed by atoms with Crippen molar-refractivity contribution in [2.75, 3.05) is 6.54 Å². The zero-order valence-corrected chi connectivity index (χ0v) is 15.5. The van der Waals surface area contributed by atoms with Crippen molar-refractivity contribution in [2.45, 2.75) is 26.3 Å². The topological polar surface area (TPSA) is 91.9 Å². The van der Waals surface area contributed by atoms with Crippen LogP contribution in [0.15, 0.2) is 41.4 Å². The van der Waals surface area contributed by atoms with E-state index in [1.807, 2.05) is 6.07 Å². The molecule has 1 aliphatic heterocycles. The Morgan fingerprint density at radius 1 is 1.11 bits per heavy atom. The van der Waals surface area contributed by atoms with Crippen molar-refractivity contribution < 1.29 is 19.8 Å². The highest BCUT2D eigenvalue weighted by Gasteiger charge is 2.25. The minimum Gasteiger partial charge on any atom is -0.478 e. The number of benzene rings is 1. The normalized spacial score (nSPS) is 14.4. The van der Waals surface area contributed by atoms with E-state index < -0.39 is 11.9 Å². The van der Waals surface area contributed by atoms with Crippen LogP contribution in [0.25, 0.3) is 11.3 Å². The number of nitrogens with zero attached hydrogens (tertiary/aromatic N) is 2. The van der Waals surface area contributed by atoms with E-state index >= 15 is 0 Å². The molecule has 2 aliphatic rings. The summed E-state index contributed by atoms with van der Waals surface area (Å²) in [5.74, 6) is -2.51. The second-order valence-electron chi connectivity index (χ2n) is 6.33. The number of fused-ring (bicyclic) bond motifs is 5. The van der Waals surface area contributed by atoms with Crippen molar-refractivity contribution in [2.24, 2.45) is 4.99 Å². The van der Waals surface area contributed by atoms with Crippen molar-refractivity contribution in [3.05, 3.63) is 58.3 Å². The summed E-state index contributed by atoms with van der Waals surface area (Å²) in [4.78, 5) is 23.7. The molecule has 27 heavy (non-hydrogen) atoms. The fraction of sp³-hybridized carbons (Fsp3) is 0.250. The molecular weight excluding hydrogens is 368 g/mol. The molecule has 7 heteroatoms. The number of carboxylic acids is 2. The van der Waals surface area contributed by atoms with E-state index in [-0.39, 0.29) is 0 Å². The Kier molecular flexibility index (Phi) is 5.46. The molecule has 0 fully saturated rings. The maximum Gasteiger partial charge on any atom is 0.328 e. The van der Waals surface area contributed by atoms with E-state index in [4.69, 9.17) is 21.8 Å². The van der Waals surface area contributed by atoms with Crippen LogP contribution in [0.5, 0.6) is 0 Å². The molecule has 0 atom stereocenters. The first-order chi connectivity index (χ1) is 12.9. The predicted molar refractivity (Wildman–Crippen MR) is 104 cm³/mol. The molecule has 2 N–H and O–H groups in total. The standard InChI is InChI=1S/C16H15ClN2.C4H4O4/c1-10-15-8-12-3-2-11-4-5-13(17)9-14(11)16(12)19(15)7-6-18-10;5-3(6)1-2-4(7)8/h4-5,8-9H,2-3,6-7H2,1H3;1-2H,(H,5,6)(H,7,8)/b;2-1+. The Labute approximate surface area is 161 Å². The van der Waals surface area contributed by atoms with Crippen LogP contribution in [0.3, 0.4) is 0 Å². The van der Waals surface area contributed by atoms with Crippen molar-refractivity contribution in [3.63, 3.8) is 0 Å². The van der Waals surface area contributed by atoms with Crippen LogP contribution < -0.4 is 0 Å². The zero-order valence-electron chi connectivity index (χ0n) is 14.8. The van der Waals surface area contributed by atoms with Gasteiger partial charge < -0.3 is 14.8 Å². The van der Waals surface area contributed by atoms with E-state index in [0.29, 0.717) is 12.2 Å². The molecule has 4 rings (SSSR count). The maximum absolute atomic E-state index is 9.55. The van der Waals surface area contributed by atoms with Gasteiger partial charge in [0.1, 0.15) is 0 Å². The second-order valence-corrected chi connectivity index (χ2v) is 6.77. The van der Waals surface area contributed by atoms with Crippen molar-refractivity contribution >= 4 is 29.3 Å². The Morgan fingerprint density at radius 2 is 1.78 bits per heavy atom. The first kappa shape index (κ1) is 18.9. The summed E-state index contributed by atoms with van der Waals surface area (Å²) < 4.78 is 2.42. The van der Waals surface area contributed by atoms with Gasteiger partial charge in [-0.05, 0) is 49.1 Å². The lowest BCUT2D eigenvalue weighted by molar-refractivity contribution is -0.134. The van der Waals surface area contributed by atoms with Crippen LogP contribution in [-0.2, 0) is 29.0 Å². The highest BCUT2D eigenvalue weighted by atomic mass is 35.5. The summed E-state index contributed by atoms with van der Waals surface area (Å²) in [6.45, 7) is 3.97. The van der Waals surface area contributed by atoms with Gasteiger partial charge in [0, 0.05) is 29.3 Å². The van der Waals surface area contributed by atoms with Crippen molar-refractivity contribution in [3.8, 4) is 11.3 Å². The van der Waals surface area contributed by atoms with Gasteiger partial charge in [-0.1, -0.05) is 17.7 Å². The number of carboxylic acid groups (broad SMARTS) is 2. The summed E-state index contributed by atoms with van der Waals surface area (Å²) in [7, 11) is 0. The Hall–Kier alpha value is -2.86. The third-order valence-electron chi connectivity index (χ3n) is 4.58. The molecule has 1 aromatic carbocycles. The molecule has 1 aliphatic carbocycles.